The van der Waals surface area contributed by atoms with Crippen LogP contribution < -0.4 is 16.4 Å². The molecule has 0 aliphatic rings. The van der Waals surface area contributed by atoms with Gasteiger partial charge in [-0.3, -0.25) is 0 Å². The van der Waals surface area contributed by atoms with Gasteiger partial charge in [0, 0.05) is 24.3 Å². The Balaban J connectivity index is 2.17. The second-order valence-corrected chi connectivity index (χ2v) is 4.46. The molecule has 1 unspecified atom stereocenters. The largest absolute Gasteiger partial charge is 0.366 e. The Hall–Kier alpha value is -2.14. The normalized spacial score (nSPS) is 11.9. The van der Waals surface area contributed by atoms with Gasteiger partial charge in [-0.05, 0) is 26.0 Å². The van der Waals surface area contributed by atoms with Crippen LogP contribution >= 0.6 is 0 Å². The van der Waals surface area contributed by atoms with Gasteiger partial charge in [-0.1, -0.05) is 18.2 Å². The minimum absolute atomic E-state index is 0.180. The molecule has 1 aromatic heterocycles. The van der Waals surface area contributed by atoms with Gasteiger partial charge < -0.3 is 16.4 Å². The Morgan fingerprint density at radius 2 is 1.84 bits per heavy atom. The van der Waals surface area contributed by atoms with Crippen molar-refractivity contribution >= 4 is 17.3 Å². The van der Waals surface area contributed by atoms with Crippen LogP contribution in [0, 0.1) is 6.92 Å². The lowest BCUT2D eigenvalue weighted by molar-refractivity contribution is 0.795. The Morgan fingerprint density at radius 1 is 1.16 bits per heavy atom. The highest BCUT2D eigenvalue weighted by molar-refractivity contribution is 5.59. The van der Waals surface area contributed by atoms with Gasteiger partial charge in [0.15, 0.2) is 0 Å². The van der Waals surface area contributed by atoms with E-state index in [1.807, 2.05) is 50.2 Å². The first-order valence-electron chi connectivity index (χ1n) is 6.31. The summed E-state index contributed by atoms with van der Waals surface area (Å²) in [5.74, 6) is 2.27. The monoisotopic (exact) mass is 257 g/mol. The first-order valence-corrected chi connectivity index (χ1v) is 6.31. The van der Waals surface area contributed by atoms with Crippen LogP contribution in [-0.4, -0.2) is 22.6 Å². The summed E-state index contributed by atoms with van der Waals surface area (Å²) >= 11 is 0. The number of hydrogen-bond donors (Lipinski definition) is 3. The van der Waals surface area contributed by atoms with Gasteiger partial charge in [0.1, 0.15) is 17.5 Å². The van der Waals surface area contributed by atoms with Gasteiger partial charge in [0.2, 0.25) is 0 Å². The predicted molar refractivity (Wildman–Crippen MR) is 78.6 cm³/mol. The zero-order valence-electron chi connectivity index (χ0n) is 11.2. The van der Waals surface area contributed by atoms with Gasteiger partial charge in [-0.15, -0.1) is 0 Å². The van der Waals surface area contributed by atoms with Crippen LogP contribution in [0.15, 0.2) is 36.4 Å². The van der Waals surface area contributed by atoms with E-state index in [-0.39, 0.29) is 6.04 Å². The SMILES string of the molecule is Cc1nc(Nc2ccccc2)cc(NC(C)CN)n1. The maximum Gasteiger partial charge on any atom is 0.136 e. The van der Waals surface area contributed by atoms with Crippen molar-refractivity contribution in [3.8, 4) is 0 Å². The molecular formula is C14H19N5. The second kappa shape index (κ2) is 6.15. The molecule has 5 nitrogen and oxygen atoms in total. The predicted octanol–water partition coefficient (Wildman–Crippen LogP) is 2.29. The Morgan fingerprint density at radius 3 is 2.53 bits per heavy atom. The van der Waals surface area contributed by atoms with Crippen molar-refractivity contribution in [2.75, 3.05) is 17.2 Å². The lowest BCUT2D eigenvalue weighted by Crippen LogP contribution is -2.25. The number of nitrogens with zero attached hydrogens (tertiary/aromatic N) is 2. The van der Waals surface area contributed by atoms with E-state index in [9.17, 15) is 0 Å². The number of aromatic nitrogens is 2. The number of anilines is 3. The van der Waals surface area contributed by atoms with Crippen molar-refractivity contribution in [2.24, 2.45) is 5.73 Å². The van der Waals surface area contributed by atoms with Gasteiger partial charge in [-0.2, -0.15) is 0 Å². The van der Waals surface area contributed by atoms with E-state index in [1.54, 1.807) is 0 Å². The maximum atomic E-state index is 5.60. The first-order chi connectivity index (χ1) is 9.17. The molecule has 5 heteroatoms. The van der Waals surface area contributed by atoms with Crippen molar-refractivity contribution in [3.63, 3.8) is 0 Å². The third kappa shape index (κ3) is 3.93. The zero-order valence-corrected chi connectivity index (χ0v) is 11.2. The molecule has 0 saturated carbocycles. The van der Waals surface area contributed by atoms with Crippen molar-refractivity contribution < 1.29 is 0 Å². The molecule has 100 valence electrons. The van der Waals surface area contributed by atoms with Crippen molar-refractivity contribution in [1.82, 2.24) is 9.97 Å². The quantitative estimate of drug-likeness (QED) is 0.766. The van der Waals surface area contributed by atoms with Crippen LogP contribution in [0.25, 0.3) is 0 Å². The van der Waals surface area contributed by atoms with Crippen LogP contribution in [0.2, 0.25) is 0 Å². The molecule has 0 aliphatic heterocycles. The molecule has 0 bridgehead atoms. The Kier molecular flexibility index (Phi) is 4.30. The molecule has 4 N–H and O–H groups in total. The highest BCUT2D eigenvalue weighted by atomic mass is 15.1. The number of nitrogens with one attached hydrogen (secondary N) is 2. The summed E-state index contributed by atoms with van der Waals surface area (Å²) in [6.07, 6.45) is 0. The molecule has 1 aromatic carbocycles. The fourth-order valence-corrected chi connectivity index (χ4v) is 1.69. The molecule has 0 spiro atoms. The summed E-state index contributed by atoms with van der Waals surface area (Å²) in [6.45, 7) is 4.45. The average Bonchev–Trinajstić information content (AvgIpc) is 2.39. The molecule has 2 aromatic rings. The van der Waals surface area contributed by atoms with E-state index in [4.69, 9.17) is 5.73 Å². The molecule has 0 fully saturated rings. The van der Waals surface area contributed by atoms with E-state index in [1.165, 1.54) is 0 Å². The topological polar surface area (TPSA) is 75.9 Å². The van der Waals surface area contributed by atoms with Crippen molar-refractivity contribution in [1.29, 1.82) is 0 Å². The number of rotatable bonds is 5. The van der Waals surface area contributed by atoms with Gasteiger partial charge in [0.05, 0.1) is 0 Å². The summed E-state index contributed by atoms with van der Waals surface area (Å²) in [4.78, 5) is 8.71. The van der Waals surface area contributed by atoms with Crippen LogP contribution in [0.1, 0.15) is 12.7 Å². The van der Waals surface area contributed by atoms with Gasteiger partial charge in [0.25, 0.3) is 0 Å². The molecule has 0 aliphatic carbocycles. The Labute approximate surface area is 113 Å². The highest BCUT2D eigenvalue weighted by Crippen LogP contribution is 2.17. The summed E-state index contributed by atoms with van der Waals surface area (Å²) in [5, 5.41) is 6.50. The number of aryl methyl sites for hydroxylation is 1. The standard InChI is InChI=1S/C14H19N5/c1-10(9-15)16-13-8-14(18-11(2)17-13)19-12-6-4-3-5-7-12/h3-8,10H,9,15H2,1-2H3,(H2,16,17,18,19). The molecule has 0 saturated heterocycles. The van der Waals surface area contributed by atoms with E-state index in [2.05, 4.69) is 20.6 Å². The average molecular weight is 257 g/mol. The minimum atomic E-state index is 0.180. The van der Waals surface area contributed by atoms with E-state index < -0.39 is 0 Å². The fourth-order valence-electron chi connectivity index (χ4n) is 1.69. The Bertz CT molecular complexity index is 527. The van der Waals surface area contributed by atoms with Crippen molar-refractivity contribution in [3.05, 3.63) is 42.2 Å². The third-order valence-electron chi connectivity index (χ3n) is 2.63. The summed E-state index contributed by atoms with van der Waals surface area (Å²) in [5.41, 5.74) is 6.60. The molecule has 2 rings (SSSR count). The van der Waals surface area contributed by atoms with Crippen LogP contribution in [0.5, 0.6) is 0 Å². The van der Waals surface area contributed by atoms with E-state index in [0.29, 0.717) is 12.4 Å². The summed E-state index contributed by atoms with van der Waals surface area (Å²) in [7, 11) is 0. The summed E-state index contributed by atoms with van der Waals surface area (Å²) in [6, 6.07) is 12.0. The van der Waals surface area contributed by atoms with Gasteiger partial charge in [-0.25, -0.2) is 9.97 Å². The molecule has 19 heavy (non-hydrogen) atoms. The molecule has 0 amide bonds. The molecular weight excluding hydrogens is 238 g/mol. The third-order valence-corrected chi connectivity index (χ3v) is 2.63. The van der Waals surface area contributed by atoms with Crippen LogP contribution in [-0.2, 0) is 0 Å². The molecule has 1 atom stereocenters. The zero-order chi connectivity index (χ0) is 13.7. The highest BCUT2D eigenvalue weighted by Gasteiger charge is 2.05. The van der Waals surface area contributed by atoms with E-state index in [0.717, 1.165) is 17.3 Å². The first kappa shape index (κ1) is 13.3. The van der Waals surface area contributed by atoms with E-state index >= 15 is 0 Å². The smallest absolute Gasteiger partial charge is 0.136 e. The molecule has 1 heterocycles. The van der Waals surface area contributed by atoms with Crippen molar-refractivity contribution in [2.45, 2.75) is 19.9 Å². The summed E-state index contributed by atoms with van der Waals surface area (Å²) < 4.78 is 0. The second-order valence-electron chi connectivity index (χ2n) is 4.46. The fraction of sp³-hybridized carbons (Fsp3) is 0.286. The minimum Gasteiger partial charge on any atom is -0.366 e. The molecule has 0 radical (unpaired) electrons. The number of hydrogen-bond acceptors (Lipinski definition) is 5. The van der Waals surface area contributed by atoms with Crippen LogP contribution in [0.3, 0.4) is 0 Å². The maximum absolute atomic E-state index is 5.60. The van der Waals surface area contributed by atoms with Crippen LogP contribution in [0.4, 0.5) is 17.3 Å². The lowest BCUT2D eigenvalue weighted by Gasteiger charge is -2.14. The number of nitrogens with two attached hydrogens (primary N) is 1. The number of benzene rings is 1. The number of para-hydroxylation sites is 1. The van der Waals surface area contributed by atoms with Gasteiger partial charge >= 0.3 is 0 Å². The lowest BCUT2D eigenvalue weighted by atomic mass is 10.3.